The minimum atomic E-state index is -1.29. The number of nitrogens with one attached hydrogen (secondary N) is 1. The van der Waals surface area contributed by atoms with Gasteiger partial charge in [0.05, 0.1) is 0 Å². The van der Waals surface area contributed by atoms with Crippen LogP contribution in [0.5, 0.6) is 0 Å². The van der Waals surface area contributed by atoms with Crippen molar-refractivity contribution in [3.63, 3.8) is 0 Å². The number of carbonyl (C=O) groups excluding carboxylic acids is 1. The Labute approximate surface area is 79.0 Å². The number of carbonyl (C=O) groups is 2. The van der Waals surface area contributed by atoms with E-state index in [1.807, 2.05) is 0 Å². The molecule has 0 saturated heterocycles. The van der Waals surface area contributed by atoms with Gasteiger partial charge in [-0.3, -0.25) is 0 Å². The van der Waals surface area contributed by atoms with Crippen molar-refractivity contribution in [1.29, 1.82) is 0 Å². The summed E-state index contributed by atoms with van der Waals surface area (Å²) in [4.78, 5) is 23.3. The zero-order valence-electron chi connectivity index (χ0n) is 4.46. The summed E-state index contributed by atoms with van der Waals surface area (Å²) in [5.74, 6) is 3.55. The van der Waals surface area contributed by atoms with Crippen molar-refractivity contribution in [2.45, 2.75) is 0 Å². The van der Waals surface area contributed by atoms with Gasteiger partial charge in [-0.2, -0.15) is 5.90 Å². The van der Waals surface area contributed by atoms with Crippen molar-refractivity contribution in [2.24, 2.45) is 5.90 Å². The van der Waals surface area contributed by atoms with Crippen molar-refractivity contribution in [3.05, 3.63) is 0 Å². The van der Waals surface area contributed by atoms with E-state index in [-0.39, 0.29) is 29.6 Å². The molecule has 10 heavy (non-hydrogen) atoms. The minimum absolute atomic E-state index is 0. The third kappa shape index (κ3) is 7.70. The molecule has 1 amide bonds. The molecule has 7 heteroatoms. The van der Waals surface area contributed by atoms with Crippen LogP contribution in [0, 0.1) is 0 Å². The predicted molar refractivity (Wildman–Crippen MR) is 33.5 cm³/mol. The molecule has 0 aromatic rings. The van der Waals surface area contributed by atoms with Crippen LogP contribution < -0.4 is 11.2 Å². The van der Waals surface area contributed by atoms with E-state index in [9.17, 15) is 9.59 Å². The van der Waals surface area contributed by atoms with E-state index < -0.39 is 18.6 Å². The van der Waals surface area contributed by atoms with Gasteiger partial charge in [0.15, 0.2) is 0 Å². The van der Waals surface area contributed by atoms with E-state index in [1.165, 1.54) is 0 Å². The molecule has 0 aliphatic rings. The summed E-state index contributed by atoms with van der Waals surface area (Å²) in [6.45, 7) is -0.425. The van der Waals surface area contributed by atoms with Crippen LogP contribution >= 0.6 is 0 Å². The normalized spacial score (nSPS) is 7.30. The van der Waals surface area contributed by atoms with E-state index in [0.29, 0.717) is 0 Å². The summed E-state index contributed by atoms with van der Waals surface area (Å²) in [5, 5.41) is 9.66. The Morgan fingerprint density at radius 3 is 2.40 bits per heavy atom. The van der Waals surface area contributed by atoms with E-state index in [0.717, 1.165) is 0 Å². The fourth-order valence-electron chi connectivity index (χ4n) is 0.189. The van der Waals surface area contributed by atoms with Gasteiger partial charge in [-0.1, -0.05) is 0 Å². The van der Waals surface area contributed by atoms with Gasteiger partial charge in [-0.25, -0.2) is 9.59 Å². The standard InChI is InChI=1S/C3H6N2O4.Na.H/c4-9-2(6)1-5-3(7)8;;/h5H,1,4H2,(H,7,8);;. The zero-order chi connectivity index (χ0) is 7.28. The third-order valence-electron chi connectivity index (χ3n) is 0.515. The number of carboxylic acid groups (broad SMARTS) is 1. The van der Waals surface area contributed by atoms with Gasteiger partial charge < -0.3 is 15.3 Å². The van der Waals surface area contributed by atoms with Gasteiger partial charge in [-0.05, 0) is 0 Å². The number of amides is 1. The average Bonchev–Trinajstić information content (AvgIpc) is 1.83. The second-order valence-electron chi connectivity index (χ2n) is 1.15. The molecule has 0 fully saturated rings. The first-order chi connectivity index (χ1) is 4.16. The van der Waals surface area contributed by atoms with E-state index in [2.05, 4.69) is 10.7 Å². The topological polar surface area (TPSA) is 102 Å². The quantitative estimate of drug-likeness (QED) is 0.319. The molecule has 0 unspecified atom stereocenters. The molecule has 6 nitrogen and oxygen atoms in total. The van der Waals surface area contributed by atoms with Crippen LogP contribution in [0.3, 0.4) is 0 Å². The summed E-state index contributed by atoms with van der Waals surface area (Å²) in [7, 11) is 0. The van der Waals surface area contributed by atoms with Gasteiger partial charge in [0, 0.05) is 0 Å². The van der Waals surface area contributed by atoms with Crippen molar-refractivity contribution in [3.8, 4) is 0 Å². The van der Waals surface area contributed by atoms with Crippen molar-refractivity contribution < 1.29 is 19.5 Å². The van der Waals surface area contributed by atoms with Gasteiger partial charge in [-0.15, -0.1) is 0 Å². The maximum absolute atomic E-state index is 10.0. The molecule has 0 bridgehead atoms. The molecule has 0 aliphatic carbocycles. The molecule has 0 aromatic heterocycles. The number of nitrogens with two attached hydrogens (primary N) is 1. The first-order valence-corrected chi connectivity index (χ1v) is 2.03. The molecule has 0 saturated carbocycles. The molecule has 0 atom stereocenters. The molecular formula is C3H7N2NaO4. The Morgan fingerprint density at radius 1 is 1.60 bits per heavy atom. The second kappa shape index (κ2) is 6.81. The third-order valence-corrected chi connectivity index (χ3v) is 0.515. The van der Waals surface area contributed by atoms with Gasteiger partial charge in [0.25, 0.3) is 0 Å². The van der Waals surface area contributed by atoms with Crippen molar-refractivity contribution in [1.82, 2.24) is 5.32 Å². The fourth-order valence-corrected chi connectivity index (χ4v) is 0.189. The molecule has 0 spiro atoms. The molecule has 54 valence electrons. The second-order valence-corrected chi connectivity index (χ2v) is 1.15. The number of rotatable bonds is 2. The Kier molecular flexibility index (Phi) is 8.44. The molecule has 0 heterocycles. The number of hydrogen-bond acceptors (Lipinski definition) is 4. The van der Waals surface area contributed by atoms with Gasteiger partial charge in [0.2, 0.25) is 0 Å². The summed E-state index contributed by atoms with van der Waals surface area (Å²) in [6.07, 6.45) is -1.29. The predicted octanol–water partition coefficient (Wildman–Crippen LogP) is -1.98. The van der Waals surface area contributed by atoms with Crippen LogP contribution in [-0.4, -0.2) is 53.3 Å². The van der Waals surface area contributed by atoms with E-state index in [1.54, 1.807) is 5.32 Å². The van der Waals surface area contributed by atoms with Gasteiger partial charge >= 0.3 is 41.6 Å². The summed E-state index contributed by atoms with van der Waals surface area (Å²) >= 11 is 0. The molecule has 0 aliphatic heterocycles. The zero-order valence-corrected chi connectivity index (χ0v) is 4.46. The Hall–Kier alpha value is -0.300. The maximum atomic E-state index is 10.0. The fraction of sp³-hybridized carbons (Fsp3) is 0.333. The van der Waals surface area contributed by atoms with Crippen molar-refractivity contribution >= 4 is 41.6 Å². The SMILES string of the molecule is NOC(=O)CNC(=O)O.[NaH]. The Morgan fingerprint density at radius 2 is 2.10 bits per heavy atom. The van der Waals surface area contributed by atoms with Crippen LogP contribution in [0.1, 0.15) is 0 Å². The van der Waals surface area contributed by atoms with E-state index >= 15 is 0 Å². The van der Waals surface area contributed by atoms with Crippen LogP contribution in [-0.2, 0) is 9.63 Å². The Bertz CT molecular complexity index is 128. The molecular weight excluding hydrogens is 151 g/mol. The molecule has 0 rings (SSSR count). The number of hydrogen-bond donors (Lipinski definition) is 3. The molecule has 4 N–H and O–H groups in total. The van der Waals surface area contributed by atoms with E-state index in [4.69, 9.17) is 5.11 Å². The van der Waals surface area contributed by atoms with Crippen LogP contribution in [0.2, 0.25) is 0 Å². The molecule has 0 aromatic carbocycles. The Balaban J connectivity index is 0. The summed E-state index contributed by atoms with van der Waals surface area (Å²) < 4.78 is 0. The van der Waals surface area contributed by atoms with Crippen LogP contribution in [0.15, 0.2) is 0 Å². The van der Waals surface area contributed by atoms with Gasteiger partial charge in [0.1, 0.15) is 6.54 Å². The first kappa shape index (κ1) is 12.4. The summed E-state index contributed by atoms with van der Waals surface area (Å²) in [5.41, 5.74) is 0. The first-order valence-electron chi connectivity index (χ1n) is 2.03. The monoisotopic (exact) mass is 158 g/mol. The van der Waals surface area contributed by atoms with Crippen LogP contribution in [0.4, 0.5) is 4.79 Å². The average molecular weight is 158 g/mol. The van der Waals surface area contributed by atoms with Crippen LogP contribution in [0.25, 0.3) is 0 Å². The molecule has 0 radical (unpaired) electrons. The summed E-state index contributed by atoms with van der Waals surface area (Å²) in [6, 6.07) is 0. The van der Waals surface area contributed by atoms with Crippen molar-refractivity contribution in [2.75, 3.05) is 6.54 Å².